The summed E-state index contributed by atoms with van der Waals surface area (Å²) in [6, 6.07) is 14.3. The molecule has 6 rings (SSSR count). The molecule has 0 bridgehead atoms. The van der Waals surface area contributed by atoms with Crippen LogP contribution < -0.4 is 41.2 Å². The Balaban J connectivity index is 1.27. The van der Waals surface area contributed by atoms with Crippen molar-refractivity contribution in [2.75, 3.05) is 17.7 Å². The van der Waals surface area contributed by atoms with Gasteiger partial charge in [-0.05, 0) is 68.1 Å². The lowest BCUT2D eigenvalue weighted by Crippen LogP contribution is -2.30. The standard InChI is InChI=1S/C31H29ClN6O6/c1-42-28-15-23-20(14-21(28)29(33)39)25(10-11-34-23)43-19-7-9-27(24(13-19)38-31(41)36-17-4-5-17)44-26-8-6-18(12-22(26)32)37-30(40)35-16-2-3-16/h6-17H,2-5H2,1H3,(H2,33,39)(H2,35,37,40)(H2,36,38,41). The van der Waals surface area contributed by atoms with Crippen molar-refractivity contribution in [3.05, 3.63) is 71.4 Å². The first-order valence-electron chi connectivity index (χ1n) is 14.0. The Morgan fingerprint density at radius 3 is 2.18 bits per heavy atom. The highest BCUT2D eigenvalue weighted by atomic mass is 35.5. The van der Waals surface area contributed by atoms with Crippen LogP contribution >= 0.6 is 11.6 Å². The zero-order valence-electron chi connectivity index (χ0n) is 23.6. The number of nitrogens with two attached hydrogens (primary N) is 1. The van der Waals surface area contributed by atoms with Crippen molar-refractivity contribution >= 4 is 51.8 Å². The first kappa shape index (κ1) is 28.9. The maximum Gasteiger partial charge on any atom is 0.319 e. The Bertz CT molecular complexity index is 1770. The molecule has 226 valence electrons. The van der Waals surface area contributed by atoms with Crippen LogP contribution in [0.25, 0.3) is 10.9 Å². The molecule has 2 fully saturated rings. The fraction of sp³-hybridized carbons (Fsp3) is 0.226. The number of carbonyl (C=O) groups excluding carboxylic acids is 3. The number of primary amides is 1. The summed E-state index contributed by atoms with van der Waals surface area (Å²) in [5, 5.41) is 12.1. The number of nitrogens with one attached hydrogen (secondary N) is 4. The number of amides is 5. The van der Waals surface area contributed by atoms with Crippen molar-refractivity contribution in [2.45, 2.75) is 37.8 Å². The third-order valence-electron chi connectivity index (χ3n) is 6.95. The fourth-order valence-electron chi connectivity index (χ4n) is 4.42. The lowest BCUT2D eigenvalue weighted by atomic mass is 10.1. The Morgan fingerprint density at radius 2 is 1.52 bits per heavy atom. The molecule has 0 spiro atoms. The number of hydrogen-bond acceptors (Lipinski definition) is 7. The van der Waals surface area contributed by atoms with Gasteiger partial charge in [0.2, 0.25) is 0 Å². The van der Waals surface area contributed by atoms with E-state index in [1.165, 1.54) is 7.11 Å². The van der Waals surface area contributed by atoms with Gasteiger partial charge in [0.15, 0.2) is 5.75 Å². The van der Waals surface area contributed by atoms with Crippen molar-refractivity contribution in [2.24, 2.45) is 5.73 Å². The minimum absolute atomic E-state index is 0.130. The zero-order valence-corrected chi connectivity index (χ0v) is 24.4. The smallest absolute Gasteiger partial charge is 0.319 e. The Kier molecular flexibility index (Phi) is 7.99. The minimum Gasteiger partial charge on any atom is -0.496 e. The van der Waals surface area contributed by atoms with Crippen LogP contribution in [0.4, 0.5) is 21.0 Å². The van der Waals surface area contributed by atoms with E-state index >= 15 is 0 Å². The number of ether oxygens (including phenoxy) is 3. The number of nitrogens with zero attached hydrogens (tertiary/aromatic N) is 1. The summed E-state index contributed by atoms with van der Waals surface area (Å²) < 4.78 is 17.6. The first-order valence-corrected chi connectivity index (χ1v) is 14.3. The van der Waals surface area contributed by atoms with Crippen molar-refractivity contribution in [3.63, 3.8) is 0 Å². The maximum absolute atomic E-state index is 12.7. The Labute approximate surface area is 257 Å². The zero-order chi connectivity index (χ0) is 30.8. The van der Waals surface area contributed by atoms with Crippen LogP contribution in [0.15, 0.2) is 60.8 Å². The maximum atomic E-state index is 12.7. The SMILES string of the molecule is COc1cc2nccc(Oc3ccc(Oc4ccc(NC(=O)NC5CC5)cc4Cl)c(NC(=O)NC4CC4)c3)c2cc1C(N)=O. The Hall–Kier alpha value is -5.23. The topological polar surface area (TPSA) is 166 Å². The highest BCUT2D eigenvalue weighted by molar-refractivity contribution is 6.32. The van der Waals surface area contributed by atoms with Gasteiger partial charge in [0.05, 0.1) is 28.9 Å². The summed E-state index contributed by atoms with van der Waals surface area (Å²) in [5.41, 5.74) is 7.10. The van der Waals surface area contributed by atoms with Crippen LogP contribution in [-0.4, -0.2) is 42.1 Å². The van der Waals surface area contributed by atoms with Crippen LogP contribution in [0.3, 0.4) is 0 Å². The third kappa shape index (κ3) is 6.87. The van der Waals surface area contributed by atoms with Gasteiger partial charge in [-0.3, -0.25) is 9.78 Å². The second kappa shape index (κ2) is 12.2. The van der Waals surface area contributed by atoms with E-state index < -0.39 is 11.9 Å². The lowest BCUT2D eigenvalue weighted by molar-refractivity contribution is 0.0997. The van der Waals surface area contributed by atoms with E-state index in [0.717, 1.165) is 25.7 Å². The summed E-state index contributed by atoms with van der Waals surface area (Å²) in [6.45, 7) is 0. The van der Waals surface area contributed by atoms with E-state index in [4.69, 9.17) is 31.5 Å². The molecule has 0 aliphatic heterocycles. The quantitative estimate of drug-likeness (QED) is 0.142. The monoisotopic (exact) mass is 616 g/mol. The summed E-state index contributed by atoms with van der Waals surface area (Å²) in [7, 11) is 1.44. The molecule has 2 saturated carbocycles. The number of halogens is 1. The van der Waals surface area contributed by atoms with Crippen LogP contribution in [0.5, 0.6) is 28.7 Å². The van der Waals surface area contributed by atoms with E-state index in [0.29, 0.717) is 51.0 Å². The number of urea groups is 2. The molecule has 1 heterocycles. The van der Waals surface area contributed by atoms with E-state index in [1.54, 1.807) is 60.8 Å². The van der Waals surface area contributed by atoms with Gasteiger partial charge in [-0.1, -0.05) is 11.6 Å². The van der Waals surface area contributed by atoms with Crippen LogP contribution in [0.1, 0.15) is 36.0 Å². The molecular weight excluding hydrogens is 588 g/mol. The predicted octanol–water partition coefficient (Wildman–Crippen LogP) is 6.15. The first-order chi connectivity index (χ1) is 21.2. The van der Waals surface area contributed by atoms with Gasteiger partial charge in [-0.15, -0.1) is 0 Å². The number of rotatable bonds is 10. The molecule has 2 aliphatic rings. The molecule has 44 heavy (non-hydrogen) atoms. The molecule has 13 heteroatoms. The lowest BCUT2D eigenvalue weighted by Gasteiger charge is -2.16. The normalized spacial score (nSPS) is 14.0. The number of aromatic nitrogens is 1. The number of carbonyl (C=O) groups is 3. The average Bonchev–Trinajstić information content (AvgIpc) is 3.93. The summed E-state index contributed by atoms with van der Waals surface area (Å²) in [6.07, 6.45) is 5.36. The highest BCUT2D eigenvalue weighted by Gasteiger charge is 2.25. The molecule has 12 nitrogen and oxygen atoms in total. The molecule has 0 saturated heterocycles. The van der Waals surface area contributed by atoms with Gasteiger partial charge in [0, 0.05) is 41.5 Å². The van der Waals surface area contributed by atoms with Crippen LogP contribution in [0, 0.1) is 0 Å². The number of hydrogen-bond donors (Lipinski definition) is 5. The number of pyridine rings is 1. The summed E-state index contributed by atoms with van der Waals surface area (Å²) in [4.78, 5) is 41.2. The third-order valence-corrected chi connectivity index (χ3v) is 7.25. The Morgan fingerprint density at radius 1 is 0.818 bits per heavy atom. The van der Waals surface area contributed by atoms with Gasteiger partial charge in [0.25, 0.3) is 5.91 Å². The van der Waals surface area contributed by atoms with Crippen molar-refractivity contribution in [1.29, 1.82) is 0 Å². The molecule has 4 aromatic rings. The van der Waals surface area contributed by atoms with Crippen molar-refractivity contribution in [3.8, 4) is 28.7 Å². The predicted molar refractivity (Wildman–Crippen MR) is 165 cm³/mol. The molecule has 5 amide bonds. The number of benzene rings is 3. The number of methoxy groups -OCH3 is 1. The molecule has 1 aromatic heterocycles. The van der Waals surface area contributed by atoms with E-state index in [2.05, 4.69) is 26.3 Å². The molecule has 0 radical (unpaired) electrons. The van der Waals surface area contributed by atoms with Gasteiger partial charge >= 0.3 is 12.1 Å². The molecule has 2 aliphatic carbocycles. The second-order valence-electron chi connectivity index (χ2n) is 10.5. The van der Waals surface area contributed by atoms with Gasteiger partial charge in [-0.25, -0.2) is 9.59 Å². The molecule has 6 N–H and O–H groups in total. The summed E-state index contributed by atoms with van der Waals surface area (Å²) >= 11 is 6.50. The molecule has 0 unspecified atom stereocenters. The molecular formula is C31H29ClN6O6. The molecule has 0 atom stereocenters. The second-order valence-corrected chi connectivity index (χ2v) is 10.9. The van der Waals surface area contributed by atoms with Gasteiger partial charge in [0.1, 0.15) is 23.0 Å². The fourth-order valence-corrected chi connectivity index (χ4v) is 4.64. The van der Waals surface area contributed by atoms with Crippen molar-refractivity contribution in [1.82, 2.24) is 15.6 Å². The van der Waals surface area contributed by atoms with Gasteiger partial charge < -0.3 is 41.2 Å². The van der Waals surface area contributed by atoms with E-state index in [1.807, 2.05) is 0 Å². The van der Waals surface area contributed by atoms with E-state index in [-0.39, 0.29) is 28.7 Å². The highest BCUT2D eigenvalue weighted by Crippen LogP contribution is 2.39. The largest absolute Gasteiger partial charge is 0.496 e. The number of fused-ring (bicyclic) bond motifs is 1. The molecule has 3 aromatic carbocycles. The van der Waals surface area contributed by atoms with E-state index in [9.17, 15) is 14.4 Å². The van der Waals surface area contributed by atoms with Crippen molar-refractivity contribution < 1.29 is 28.6 Å². The summed E-state index contributed by atoms with van der Waals surface area (Å²) in [5.74, 6) is 1.03. The average molecular weight is 617 g/mol. The number of anilines is 2. The van der Waals surface area contributed by atoms with Crippen LogP contribution in [-0.2, 0) is 0 Å². The van der Waals surface area contributed by atoms with Crippen LogP contribution in [0.2, 0.25) is 5.02 Å². The van der Waals surface area contributed by atoms with Gasteiger partial charge in [-0.2, -0.15) is 0 Å². The minimum atomic E-state index is -0.655.